The molecule has 2 aromatic carbocycles. The van der Waals surface area contributed by atoms with Crippen molar-refractivity contribution in [1.29, 1.82) is 0 Å². The molecule has 0 saturated heterocycles. The zero-order chi connectivity index (χ0) is 24.4. The van der Waals surface area contributed by atoms with Gasteiger partial charge in [0.1, 0.15) is 0 Å². The second-order valence-corrected chi connectivity index (χ2v) is 10.0. The van der Waals surface area contributed by atoms with E-state index in [1.165, 1.54) is 22.7 Å². The van der Waals surface area contributed by atoms with E-state index >= 15 is 0 Å². The predicted octanol–water partition coefficient (Wildman–Crippen LogP) is 4.83. The molecule has 180 valence electrons. The number of rotatable bonds is 7. The number of nitrogens with zero attached hydrogens (tertiary/aromatic N) is 2. The maximum Gasteiger partial charge on any atom is 0.261 e. The Morgan fingerprint density at radius 1 is 0.971 bits per heavy atom. The molecule has 0 bridgehead atoms. The lowest BCUT2D eigenvalue weighted by Crippen LogP contribution is -2.31. The molecule has 1 aliphatic carbocycles. The van der Waals surface area contributed by atoms with Gasteiger partial charge >= 0.3 is 0 Å². The van der Waals surface area contributed by atoms with Crippen LogP contribution in [-0.2, 0) is 9.59 Å². The molecule has 2 aliphatic rings. The summed E-state index contributed by atoms with van der Waals surface area (Å²) in [6.45, 7) is 0.189. The number of anilines is 2. The van der Waals surface area contributed by atoms with Gasteiger partial charge in [0.25, 0.3) is 11.8 Å². The molecule has 0 unspecified atom stereocenters. The fourth-order valence-corrected chi connectivity index (χ4v) is 5.54. The van der Waals surface area contributed by atoms with Crippen LogP contribution in [0.1, 0.15) is 65.7 Å². The SMILES string of the molecule is O=C(CCCN1C(=O)c2ccccc2C1=O)Nc1ccc2sc(NC(=O)C3CCCCC3)nc2c1. The van der Waals surface area contributed by atoms with Crippen molar-refractivity contribution < 1.29 is 19.2 Å². The van der Waals surface area contributed by atoms with E-state index in [2.05, 4.69) is 15.6 Å². The van der Waals surface area contributed by atoms with Crippen molar-refractivity contribution in [2.75, 3.05) is 17.2 Å². The third-order valence-corrected chi connectivity index (χ3v) is 7.49. The van der Waals surface area contributed by atoms with Crippen LogP contribution in [0.3, 0.4) is 0 Å². The third kappa shape index (κ3) is 4.95. The fourth-order valence-electron chi connectivity index (χ4n) is 4.69. The number of nitrogens with one attached hydrogen (secondary N) is 2. The van der Waals surface area contributed by atoms with Gasteiger partial charge in [0.2, 0.25) is 11.8 Å². The van der Waals surface area contributed by atoms with E-state index in [4.69, 9.17) is 0 Å². The Morgan fingerprint density at radius 3 is 2.40 bits per heavy atom. The summed E-state index contributed by atoms with van der Waals surface area (Å²) in [5.41, 5.74) is 2.14. The van der Waals surface area contributed by atoms with Crippen molar-refractivity contribution in [2.24, 2.45) is 5.92 Å². The Kier molecular flexibility index (Phi) is 6.59. The van der Waals surface area contributed by atoms with Crippen LogP contribution in [0.4, 0.5) is 10.8 Å². The second kappa shape index (κ2) is 9.95. The number of carbonyl (C=O) groups excluding carboxylic acids is 4. The average molecular weight is 491 g/mol. The second-order valence-electron chi connectivity index (χ2n) is 8.98. The Bertz CT molecular complexity index is 1280. The predicted molar refractivity (Wildman–Crippen MR) is 134 cm³/mol. The van der Waals surface area contributed by atoms with Crippen LogP contribution >= 0.6 is 11.3 Å². The van der Waals surface area contributed by atoms with E-state index in [9.17, 15) is 19.2 Å². The molecular formula is C26H26N4O4S. The first-order chi connectivity index (χ1) is 17.0. The normalized spacial score (nSPS) is 15.9. The van der Waals surface area contributed by atoms with Gasteiger partial charge in [0.15, 0.2) is 5.13 Å². The van der Waals surface area contributed by atoms with Crippen molar-refractivity contribution in [1.82, 2.24) is 9.88 Å². The van der Waals surface area contributed by atoms with Crippen LogP contribution in [0, 0.1) is 5.92 Å². The number of hydrogen-bond acceptors (Lipinski definition) is 6. The van der Waals surface area contributed by atoms with Gasteiger partial charge in [-0.25, -0.2) is 4.98 Å². The minimum atomic E-state index is -0.314. The first-order valence-electron chi connectivity index (χ1n) is 12.0. The lowest BCUT2D eigenvalue weighted by Gasteiger charge is -2.19. The van der Waals surface area contributed by atoms with Gasteiger partial charge in [-0.3, -0.25) is 24.1 Å². The largest absolute Gasteiger partial charge is 0.326 e. The van der Waals surface area contributed by atoms with Gasteiger partial charge in [-0.1, -0.05) is 42.7 Å². The molecule has 3 aromatic rings. The molecule has 5 rings (SSSR count). The summed E-state index contributed by atoms with van der Waals surface area (Å²) in [6, 6.07) is 12.2. The quantitative estimate of drug-likeness (QED) is 0.461. The number of aromatic nitrogens is 1. The Hall–Kier alpha value is -3.59. The highest BCUT2D eigenvalue weighted by molar-refractivity contribution is 7.22. The standard InChI is InChI=1S/C26H26N4O4S/c31-22(11-6-14-30-24(33)18-9-4-5-10-19(18)25(30)34)27-17-12-13-21-20(15-17)28-26(35-21)29-23(32)16-7-2-1-3-8-16/h4-5,9-10,12-13,15-16H,1-3,6-8,11,14H2,(H,27,31)(H,28,29,32). The smallest absolute Gasteiger partial charge is 0.261 e. The summed E-state index contributed by atoms with van der Waals surface area (Å²) in [6.07, 6.45) is 5.79. The molecule has 8 nitrogen and oxygen atoms in total. The molecule has 1 aliphatic heterocycles. The van der Waals surface area contributed by atoms with Crippen LogP contribution in [0.25, 0.3) is 10.2 Å². The molecule has 1 saturated carbocycles. The molecule has 2 heterocycles. The molecule has 4 amide bonds. The van der Waals surface area contributed by atoms with E-state index in [0.29, 0.717) is 33.9 Å². The lowest BCUT2D eigenvalue weighted by molar-refractivity contribution is -0.120. The molecular weight excluding hydrogens is 464 g/mol. The van der Waals surface area contributed by atoms with Crippen LogP contribution < -0.4 is 10.6 Å². The Labute approximate surface area is 206 Å². The van der Waals surface area contributed by atoms with Gasteiger partial charge in [0, 0.05) is 24.6 Å². The lowest BCUT2D eigenvalue weighted by atomic mass is 9.89. The van der Waals surface area contributed by atoms with Gasteiger partial charge in [-0.15, -0.1) is 0 Å². The number of imide groups is 1. The van der Waals surface area contributed by atoms with Gasteiger partial charge in [0.05, 0.1) is 21.3 Å². The van der Waals surface area contributed by atoms with E-state index in [0.717, 1.165) is 30.4 Å². The highest BCUT2D eigenvalue weighted by Gasteiger charge is 2.34. The van der Waals surface area contributed by atoms with E-state index < -0.39 is 0 Å². The highest BCUT2D eigenvalue weighted by atomic mass is 32.1. The molecule has 0 radical (unpaired) electrons. The average Bonchev–Trinajstić information content (AvgIpc) is 3.37. The molecule has 1 fully saturated rings. The minimum Gasteiger partial charge on any atom is -0.326 e. The number of thiazole rings is 1. The molecule has 0 atom stereocenters. The molecule has 0 spiro atoms. The minimum absolute atomic E-state index is 0.0374. The van der Waals surface area contributed by atoms with Crippen LogP contribution in [-0.4, -0.2) is 40.1 Å². The van der Waals surface area contributed by atoms with Gasteiger partial charge in [-0.2, -0.15) is 0 Å². The first-order valence-corrected chi connectivity index (χ1v) is 12.8. The summed E-state index contributed by atoms with van der Waals surface area (Å²) in [4.78, 5) is 55.5. The first kappa shape index (κ1) is 23.2. The molecule has 2 N–H and O–H groups in total. The van der Waals surface area contributed by atoms with Crippen LogP contribution in [0.2, 0.25) is 0 Å². The van der Waals surface area contributed by atoms with E-state index in [1.807, 2.05) is 6.07 Å². The molecule has 1 aromatic heterocycles. The highest BCUT2D eigenvalue weighted by Crippen LogP contribution is 2.30. The number of hydrogen-bond donors (Lipinski definition) is 2. The van der Waals surface area contributed by atoms with Gasteiger partial charge in [-0.05, 0) is 49.6 Å². The number of fused-ring (bicyclic) bond motifs is 2. The van der Waals surface area contributed by atoms with E-state index in [1.54, 1.807) is 36.4 Å². The summed E-state index contributed by atoms with van der Waals surface area (Å²) < 4.78 is 0.924. The Balaban J connectivity index is 1.14. The summed E-state index contributed by atoms with van der Waals surface area (Å²) in [7, 11) is 0. The van der Waals surface area contributed by atoms with Crippen LogP contribution in [0.15, 0.2) is 42.5 Å². The van der Waals surface area contributed by atoms with Crippen molar-refractivity contribution in [3.63, 3.8) is 0 Å². The van der Waals surface area contributed by atoms with Crippen LogP contribution in [0.5, 0.6) is 0 Å². The molecule has 9 heteroatoms. The number of carbonyl (C=O) groups is 4. The topological polar surface area (TPSA) is 108 Å². The van der Waals surface area contributed by atoms with Crippen molar-refractivity contribution in [3.05, 3.63) is 53.6 Å². The fraction of sp³-hybridized carbons (Fsp3) is 0.346. The molecule has 35 heavy (non-hydrogen) atoms. The maximum absolute atomic E-state index is 12.5. The summed E-state index contributed by atoms with van der Waals surface area (Å²) >= 11 is 1.42. The third-order valence-electron chi connectivity index (χ3n) is 6.54. The van der Waals surface area contributed by atoms with Crippen molar-refractivity contribution in [2.45, 2.75) is 44.9 Å². The zero-order valence-corrected chi connectivity index (χ0v) is 20.0. The van der Waals surface area contributed by atoms with Crippen molar-refractivity contribution in [3.8, 4) is 0 Å². The number of amides is 4. The Morgan fingerprint density at radius 2 is 1.69 bits per heavy atom. The number of benzene rings is 2. The van der Waals surface area contributed by atoms with E-state index in [-0.39, 0.29) is 42.5 Å². The van der Waals surface area contributed by atoms with Gasteiger partial charge < -0.3 is 10.6 Å². The summed E-state index contributed by atoms with van der Waals surface area (Å²) in [5.74, 6) is -0.735. The maximum atomic E-state index is 12.5. The zero-order valence-electron chi connectivity index (χ0n) is 19.2. The monoisotopic (exact) mass is 490 g/mol. The van der Waals surface area contributed by atoms with Crippen molar-refractivity contribution >= 4 is 56.0 Å². The summed E-state index contributed by atoms with van der Waals surface area (Å²) in [5, 5.41) is 6.37.